The number of carboxylic acids is 4. The van der Waals surface area contributed by atoms with Crippen molar-refractivity contribution in [2.24, 2.45) is 0 Å². The first kappa shape index (κ1) is 31.0. The number of rotatable bonds is 4. The standard InChI is InChI=1S/4C3H4O2.Cr/c4*1-2-3(4)5;/h4*2H,1H2,(H,4,5);/q;;;;+4/p-4. The van der Waals surface area contributed by atoms with E-state index in [1.165, 1.54) is 0 Å². The smallest absolute Gasteiger partial charge is 0.545 e. The van der Waals surface area contributed by atoms with E-state index in [0.717, 1.165) is 24.3 Å². The van der Waals surface area contributed by atoms with Gasteiger partial charge in [0, 0.05) is 0 Å². The topological polar surface area (TPSA) is 161 Å². The molecule has 0 bridgehead atoms. The molecular formula is C12H12CrO8. The van der Waals surface area contributed by atoms with Crippen LogP contribution < -0.4 is 20.4 Å². The molecule has 0 heterocycles. The van der Waals surface area contributed by atoms with Crippen molar-refractivity contribution in [3.63, 3.8) is 0 Å². The van der Waals surface area contributed by atoms with Gasteiger partial charge in [0.1, 0.15) is 0 Å². The van der Waals surface area contributed by atoms with Crippen LogP contribution in [0.5, 0.6) is 0 Å². The molecule has 9 heteroatoms. The maximum atomic E-state index is 9.14. The minimum absolute atomic E-state index is 0. The van der Waals surface area contributed by atoms with Crippen LogP contribution in [0.15, 0.2) is 50.6 Å². The van der Waals surface area contributed by atoms with Gasteiger partial charge in [-0.2, -0.15) is 0 Å². The van der Waals surface area contributed by atoms with Gasteiger partial charge in [0.25, 0.3) is 0 Å². The minimum atomic E-state index is -1.23. The van der Waals surface area contributed by atoms with Gasteiger partial charge in [0.15, 0.2) is 0 Å². The maximum Gasteiger partial charge on any atom is 4.00 e. The molecular weight excluding hydrogens is 324 g/mol. The molecule has 0 N–H and O–H groups in total. The summed E-state index contributed by atoms with van der Waals surface area (Å²) >= 11 is 0. The van der Waals surface area contributed by atoms with E-state index in [0.29, 0.717) is 0 Å². The van der Waals surface area contributed by atoms with E-state index >= 15 is 0 Å². The van der Waals surface area contributed by atoms with E-state index in [2.05, 4.69) is 26.3 Å². The van der Waals surface area contributed by atoms with Gasteiger partial charge < -0.3 is 39.6 Å². The third-order valence-electron chi connectivity index (χ3n) is 0.667. The van der Waals surface area contributed by atoms with Crippen LogP contribution in [-0.4, -0.2) is 23.9 Å². The SMILES string of the molecule is C=CC(=O)[O-].C=CC(=O)[O-].C=CC(=O)[O-].C=CC(=O)[O-].[Cr+4]. The monoisotopic (exact) mass is 336 g/mol. The van der Waals surface area contributed by atoms with Gasteiger partial charge in [-0.3, -0.25) is 0 Å². The van der Waals surface area contributed by atoms with Gasteiger partial charge in [-0.1, -0.05) is 26.3 Å². The van der Waals surface area contributed by atoms with Crippen molar-refractivity contribution < 1.29 is 57.0 Å². The van der Waals surface area contributed by atoms with Gasteiger partial charge >= 0.3 is 17.4 Å². The Labute approximate surface area is 132 Å². The van der Waals surface area contributed by atoms with Gasteiger partial charge in [-0.25, -0.2) is 0 Å². The first-order valence-electron chi connectivity index (χ1n) is 4.42. The van der Waals surface area contributed by atoms with Crippen molar-refractivity contribution in [2.45, 2.75) is 0 Å². The molecule has 0 aliphatic heterocycles. The second-order valence-corrected chi connectivity index (χ2v) is 2.09. The average Bonchev–Trinajstić information content (AvgIpc) is 2.40. The molecule has 114 valence electrons. The molecule has 0 aliphatic carbocycles. The summed E-state index contributed by atoms with van der Waals surface area (Å²) in [5.41, 5.74) is 0. The maximum absolute atomic E-state index is 9.14. The predicted octanol–water partition coefficient (Wildman–Crippen LogP) is -4.31. The normalized spacial score (nSPS) is 6.10. The van der Waals surface area contributed by atoms with Crippen molar-refractivity contribution in [2.75, 3.05) is 0 Å². The van der Waals surface area contributed by atoms with E-state index in [1.54, 1.807) is 0 Å². The van der Waals surface area contributed by atoms with Gasteiger partial charge in [0.05, 0.1) is 23.9 Å². The van der Waals surface area contributed by atoms with Crippen molar-refractivity contribution in [3.05, 3.63) is 50.6 Å². The summed E-state index contributed by atoms with van der Waals surface area (Å²) in [5.74, 6) is -4.93. The zero-order chi connectivity index (χ0) is 17.1. The number of hydrogen-bond donors (Lipinski definition) is 0. The van der Waals surface area contributed by atoms with Crippen LogP contribution in [0.1, 0.15) is 0 Å². The Balaban J connectivity index is -0.0000000533. The molecule has 0 saturated carbocycles. The Morgan fingerprint density at radius 2 is 0.571 bits per heavy atom. The summed E-state index contributed by atoms with van der Waals surface area (Å²) in [6.07, 6.45) is 2.89. The van der Waals surface area contributed by atoms with E-state index < -0.39 is 23.9 Å². The largest absolute Gasteiger partial charge is 4.00 e. The Hall–Kier alpha value is -2.63. The quantitative estimate of drug-likeness (QED) is 0.466. The van der Waals surface area contributed by atoms with Crippen LogP contribution in [0.4, 0.5) is 0 Å². The van der Waals surface area contributed by atoms with Crippen LogP contribution in [-0.2, 0) is 36.5 Å². The zero-order valence-corrected chi connectivity index (χ0v) is 12.1. The molecule has 0 amide bonds. The first-order valence-corrected chi connectivity index (χ1v) is 4.42. The molecule has 0 rings (SSSR count). The van der Waals surface area contributed by atoms with Gasteiger partial charge in [-0.15, -0.1) is 0 Å². The van der Waals surface area contributed by atoms with E-state index in [1.807, 2.05) is 0 Å². The predicted molar refractivity (Wildman–Crippen MR) is 60.8 cm³/mol. The second-order valence-electron chi connectivity index (χ2n) is 2.09. The molecule has 0 aliphatic rings. The molecule has 0 fully saturated rings. The summed E-state index contributed by atoms with van der Waals surface area (Å²) in [6, 6.07) is 0. The molecule has 0 spiro atoms. The molecule has 0 unspecified atom stereocenters. The minimum Gasteiger partial charge on any atom is -0.545 e. The number of carbonyl (C=O) groups excluding carboxylic acids is 4. The van der Waals surface area contributed by atoms with Gasteiger partial charge in [0.2, 0.25) is 0 Å². The summed E-state index contributed by atoms with van der Waals surface area (Å²) in [4.78, 5) is 36.6. The van der Waals surface area contributed by atoms with Crippen LogP contribution in [0, 0.1) is 0 Å². The first-order chi connectivity index (χ1) is 9.08. The van der Waals surface area contributed by atoms with Crippen molar-refractivity contribution in [1.29, 1.82) is 0 Å². The fourth-order valence-electron chi connectivity index (χ4n) is 0. The zero-order valence-electron chi connectivity index (χ0n) is 10.8. The summed E-state index contributed by atoms with van der Waals surface area (Å²) in [5, 5.41) is 36.6. The van der Waals surface area contributed by atoms with Crippen molar-refractivity contribution in [3.8, 4) is 0 Å². The Kier molecular flexibility index (Phi) is 38.5. The summed E-state index contributed by atoms with van der Waals surface area (Å²) in [7, 11) is 0. The number of hydrogen-bond acceptors (Lipinski definition) is 8. The molecule has 0 saturated heterocycles. The molecule has 0 aromatic rings. The number of carboxylic acid groups (broad SMARTS) is 4. The summed E-state index contributed by atoms with van der Waals surface area (Å²) in [6.45, 7) is 11.6. The fraction of sp³-hybridized carbons (Fsp3) is 0. The van der Waals surface area contributed by atoms with E-state index in [-0.39, 0.29) is 17.4 Å². The molecule has 0 radical (unpaired) electrons. The van der Waals surface area contributed by atoms with Crippen molar-refractivity contribution >= 4 is 23.9 Å². The second kappa shape index (κ2) is 26.0. The number of aliphatic carboxylic acids is 4. The molecule has 8 nitrogen and oxygen atoms in total. The van der Waals surface area contributed by atoms with Crippen molar-refractivity contribution in [1.82, 2.24) is 0 Å². The molecule has 0 aromatic heterocycles. The molecule has 21 heavy (non-hydrogen) atoms. The summed E-state index contributed by atoms with van der Waals surface area (Å²) < 4.78 is 0. The van der Waals surface area contributed by atoms with E-state index in [4.69, 9.17) is 39.6 Å². The Morgan fingerprint density at radius 3 is 0.571 bits per heavy atom. The van der Waals surface area contributed by atoms with Crippen LogP contribution in [0.25, 0.3) is 0 Å². The third kappa shape index (κ3) is 142. The van der Waals surface area contributed by atoms with Crippen LogP contribution >= 0.6 is 0 Å². The third-order valence-corrected chi connectivity index (χ3v) is 0.667. The van der Waals surface area contributed by atoms with E-state index in [9.17, 15) is 0 Å². The molecule has 0 aromatic carbocycles. The van der Waals surface area contributed by atoms with Crippen LogP contribution in [0.2, 0.25) is 0 Å². The Bertz CT molecular complexity index is 301. The molecule has 0 atom stereocenters. The van der Waals surface area contributed by atoms with Gasteiger partial charge in [-0.05, 0) is 24.3 Å². The van der Waals surface area contributed by atoms with Crippen LogP contribution in [0.3, 0.4) is 0 Å². The average molecular weight is 336 g/mol. The fourth-order valence-corrected chi connectivity index (χ4v) is 0. The number of carbonyl (C=O) groups is 4. The Morgan fingerprint density at radius 1 is 0.524 bits per heavy atom.